The van der Waals surface area contributed by atoms with Gasteiger partial charge in [-0.25, -0.2) is 0 Å². The van der Waals surface area contributed by atoms with Crippen LogP contribution in [0.1, 0.15) is 69.9 Å². The van der Waals surface area contributed by atoms with Crippen molar-refractivity contribution in [3.8, 4) is 11.5 Å². The molecular weight excluding hydrogens is 630 g/mol. The molecular formula is C38H50ClN3O6. The zero-order chi connectivity index (χ0) is 35.1. The van der Waals surface area contributed by atoms with E-state index < -0.39 is 11.3 Å². The number of piperidine rings is 1. The van der Waals surface area contributed by atoms with Crippen LogP contribution in [0, 0.1) is 25.2 Å². The van der Waals surface area contributed by atoms with Crippen LogP contribution in [0.5, 0.6) is 11.5 Å². The van der Waals surface area contributed by atoms with Crippen LogP contribution in [0.3, 0.4) is 0 Å². The third kappa shape index (κ3) is 11.3. The highest BCUT2D eigenvalue weighted by Gasteiger charge is 2.48. The molecule has 2 aliphatic rings. The van der Waals surface area contributed by atoms with Gasteiger partial charge in [-0.2, -0.15) is 0 Å². The van der Waals surface area contributed by atoms with Gasteiger partial charge >= 0.3 is 0 Å². The normalized spacial score (nSPS) is 16.2. The molecule has 0 aromatic heterocycles. The first-order valence-electron chi connectivity index (χ1n) is 16.8. The number of allylic oxidation sites excluding steroid dienone is 1. The standard InChI is InChI=1S/C31H43N3O6.C7H7Cl/c1-5-19-39-25-11-12-26(23(4)20-25)40-27(13-18-35)29(37)32-21-28(36)34-16-14-31(15-17-34,30(38)33-22(2)3)24-9-7-6-8-10-24;1-6-2-4-7(8)5-3-6/h5,11-13,18,20,22,24H,1,6-10,14-17,19,21H2,2-4H3,(H,32,37)(H,33,38);2-5H,1H3/b27-13-;. The topological polar surface area (TPSA) is 114 Å². The lowest BCUT2D eigenvalue weighted by molar-refractivity contribution is -0.145. The number of nitrogens with one attached hydrogen (secondary N) is 2. The van der Waals surface area contributed by atoms with Crippen molar-refractivity contribution in [3.63, 3.8) is 0 Å². The summed E-state index contributed by atoms with van der Waals surface area (Å²) in [5.74, 6) is 0.317. The van der Waals surface area contributed by atoms with E-state index in [1.807, 2.05) is 45.0 Å². The van der Waals surface area contributed by atoms with Gasteiger partial charge in [-0.15, -0.1) is 0 Å². The second-order valence-corrected chi connectivity index (χ2v) is 13.2. The Labute approximate surface area is 290 Å². The number of aryl methyl sites for hydroxylation is 2. The van der Waals surface area contributed by atoms with E-state index in [1.54, 1.807) is 36.1 Å². The van der Waals surface area contributed by atoms with Gasteiger partial charge in [0, 0.05) is 30.2 Å². The van der Waals surface area contributed by atoms with Crippen molar-refractivity contribution in [3.05, 3.63) is 83.1 Å². The van der Waals surface area contributed by atoms with E-state index in [1.165, 1.54) is 12.0 Å². The third-order valence-electron chi connectivity index (χ3n) is 8.86. The number of halogens is 1. The van der Waals surface area contributed by atoms with E-state index in [9.17, 15) is 19.2 Å². The number of carbonyl (C=O) groups excluding carboxylic acids is 4. The fourth-order valence-electron chi connectivity index (χ4n) is 6.24. The molecule has 9 nitrogen and oxygen atoms in total. The van der Waals surface area contributed by atoms with Crippen molar-refractivity contribution >= 4 is 35.6 Å². The third-order valence-corrected chi connectivity index (χ3v) is 9.11. The summed E-state index contributed by atoms with van der Waals surface area (Å²) in [5, 5.41) is 6.52. The highest BCUT2D eigenvalue weighted by atomic mass is 35.5. The van der Waals surface area contributed by atoms with Crippen LogP contribution in [0.15, 0.2) is 67.0 Å². The SMILES string of the molecule is C=CCOc1ccc(O/C(=C\C=O)C(=O)NCC(=O)N2CCC(C(=O)NC(C)C)(C3CCCCC3)CC2)c(C)c1.Cc1ccc(Cl)cc1. The summed E-state index contributed by atoms with van der Waals surface area (Å²) in [6.45, 7) is 12.4. The summed E-state index contributed by atoms with van der Waals surface area (Å²) in [4.78, 5) is 52.1. The minimum absolute atomic E-state index is 0.0611. The summed E-state index contributed by atoms with van der Waals surface area (Å²) >= 11 is 5.61. The van der Waals surface area contributed by atoms with Crippen LogP contribution in [0.2, 0.25) is 5.02 Å². The van der Waals surface area contributed by atoms with Gasteiger partial charge in [0.25, 0.3) is 5.91 Å². The number of benzene rings is 2. The van der Waals surface area contributed by atoms with Crippen molar-refractivity contribution in [2.45, 2.75) is 78.7 Å². The van der Waals surface area contributed by atoms with E-state index in [4.69, 9.17) is 21.1 Å². The minimum Gasteiger partial charge on any atom is -0.490 e. The Morgan fingerprint density at radius 3 is 2.27 bits per heavy atom. The maximum atomic E-state index is 13.4. The summed E-state index contributed by atoms with van der Waals surface area (Å²) in [7, 11) is 0. The second kappa shape index (κ2) is 19.0. The highest BCUT2D eigenvalue weighted by Crippen LogP contribution is 2.46. The number of amides is 3. The molecule has 2 aromatic rings. The number of nitrogens with zero attached hydrogens (tertiary/aromatic N) is 1. The molecule has 0 radical (unpaired) electrons. The first kappa shape index (κ1) is 38.3. The molecule has 1 aliphatic heterocycles. The average molecular weight is 680 g/mol. The average Bonchev–Trinajstić information content (AvgIpc) is 3.08. The Hall–Kier alpha value is -4.11. The van der Waals surface area contributed by atoms with Crippen LogP contribution in [0.25, 0.3) is 0 Å². The van der Waals surface area contributed by atoms with Crippen molar-refractivity contribution in [1.29, 1.82) is 0 Å². The fraction of sp³-hybridized carbons (Fsp3) is 0.474. The van der Waals surface area contributed by atoms with Crippen LogP contribution < -0.4 is 20.1 Å². The summed E-state index contributed by atoms with van der Waals surface area (Å²) < 4.78 is 11.2. The molecule has 48 heavy (non-hydrogen) atoms. The quantitative estimate of drug-likeness (QED) is 0.115. The molecule has 0 spiro atoms. The van der Waals surface area contributed by atoms with Gasteiger partial charge in [0.1, 0.15) is 24.4 Å². The highest BCUT2D eigenvalue weighted by molar-refractivity contribution is 6.30. The first-order valence-corrected chi connectivity index (χ1v) is 17.1. The minimum atomic E-state index is -0.670. The largest absolute Gasteiger partial charge is 0.490 e. The lowest BCUT2D eigenvalue weighted by Crippen LogP contribution is -2.55. The summed E-state index contributed by atoms with van der Waals surface area (Å²) in [5.41, 5.74) is 1.50. The first-order chi connectivity index (χ1) is 23.0. The summed E-state index contributed by atoms with van der Waals surface area (Å²) in [6, 6.07) is 12.9. The number of aldehydes is 1. The number of hydrogen-bond donors (Lipinski definition) is 2. The van der Waals surface area contributed by atoms with Crippen molar-refractivity contribution in [1.82, 2.24) is 15.5 Å². The van der Waals surface area contributed by atoms with E-state index in [2.05, 4.69) is 17.2 Å². The van der Waals surface area contributed by atoms with Crippen molar-refractivity contribution in [2.75, 3.05) is 26.2 Å². The number of likely N-dealkylation sites (tertiary alicyclic amines) is 1. The van der Waals surface area contributed by atoms with Crippen molar-refractivity contribution in [2.24, 2.45) is 11.3 Å². The Bertz CT molecular complexity index is 1400. The zero-order valence-corrected chi connectivity index (χ0v) is 29.4. The number of rotatable bonds is 12. The molecule has 4 rings (SSSR count). The van der Waals surface area contributed by atoms with Crippen LogP contribution in [-0.2, 0) is 19.2 Å². The van der Waals surface area contributed by atoms with Gasteiger partial charge in [-0.3, -0.25) is 19.2 Å². The molecule has 0 bridgehead atoms. The molecule has 1 aliphatic carbocycles. The lowest BCUT2D eigenvalue weighted by atomic mass is 9.63. The molecule has 260 valence electrons. The number of ether oxygens (including phenoxy) is 2. The van der Waals surface area contributed by atoms with Crippen LogP contribution in [-0.4, -0.2) is 61.2 Å². The molecule has 1 saturated carbocycles. The molecule has 10 heteroatoms. The smallest absolute Gasteiger partial charge is 0.287 e. The van der Waals surface area contributed by atoms with Gasteiger partial charge in [-0.1, -0.05) is 61.2 Å². The van der Waals surface area contributed by atoms with E-state index in [-0.39, 0.29) is 30.2 Å². The monoisotopic (exact) mass is 679 g/mol. The van der Waals surface area contributed by atoms with Gasteiger partial charge in [0.2, 0.25) is 11.8 Å². The molecule has 1 heterocycles. The van der Waals surface area contributed by atoms with E-state index in [0.717, 1.165) is 36.8 Å². The van der Waals surface area contributed by atoms with Crippen molar-refractivity contribution < 1.29 is 28.7 Å². The van der Waals surface area contributed by atoms with Gasteiger partial charge in [0.15, 0.2) is 5.76 Å². The molecule has 2 N–H and O–H groups in total. The Balaban J connectivity index is 0.000000681. The lowest BCUT2D eigenvalue weighted by Gasteiger charge is -2.47. The Kier molecular flexibility index (Phi) is 15.2. The summed E-state index contributed by atoms with van der Waals surface area (Å²) in [6.07, 6.45) is 9.93. The molecule has 2 aromatic carbocycles. The van der Waals surface area contributed by atoms with Gasteiger partial charge in [0.05, 0.1) is 12.0 Å². The van der Waals surface area contributed by atoms with Crippen LogP contribution >= 0.6 is 11.6 Å². The maximum Gasteiger partial charge on any atom is 0.287 e. The van der Waals surface area contributed by atoms with Crippen LogP contribution in [0.4, 0.5) is 0 Å². The van der Waals surface area contributed by atoms with E-state index >= 15 is 0 Å². The fourth-order valence-corrected chi connectivity index (χ4v) is 6.37. The predicted octanol–water partition coefficient (Wildman–Crippen LogP) is 6.50. The Morgan fingerprint density at radius 1 is 1.04 bits per heavy atom. The number of carbonyl (C=O) groups is 4. The molecule has 0 atom stereocenters. The predicted molar refractivity (Wildman–Crippen MR) is 189 cm³/mol. The van der Waals surface area contributed by atoms with Gasteiger partial charge < -0.3 is 25.0 Å². The molecule has 2 fully saturated rings. The maximum absolute atomic E-state index is 13.4. The van der Waals surface area contributed by atoms with E-state index in [0.29, 0.717) is 61.8 Å². The second-order valence-electron chi connectivity index (χ2n) is 12.8. The molecule has 1 saturated heterocycles. The Morgan fingerprint density at radius 2 is 1.71 bits per heavy atom. The van der Waals surface area contributed by atoms with Gasteiger partial charge in [-0.05, 0) is 95.2 Å². The molecule has 0 unspecified atom stereocenters. The molecule has 3 amide bonds. The zero-order valence-electron chi connectivity index (χ0n) is 28.7. The number of hydrogen-bond acceptors (Lipinski definition) is 6.